The number of carbonyl (C=O) groups excluding carboxylic acids is 1. The van der Waals surface area contributed by atoms with Crippen molar-refractivity contribution < 1.29 is 17.9 Å². The van der Waals surface area contributed by atoms with Crippen LogP contribution in [0.2, 0.25) is 0 Å². The van der Waals surface area contributed by atoms with Crippen molar-refractivity contribution in [3.05, 3.63) is 78.1 Å². The molecule has 1 saturated heterocycles. The molecule has 2 aromatic carbocycles. The highest BCUT2D eigenvalue weighted by molar-refractivity contribution is 7.89. The van der Waals surface area contributed by atoms with Gasteiger partial charge in [-0.3, -0.25) is 0 Å². The maximum absolute atomic E-state index is 13.4. The van der Waals surface area contributed by atoms with Crippen molar-refractivity contribution in [3.63, 3.8) is 0 Å². The van der Waals surface area contributed by atoms with Crippen molar-refractivity contribution in [1.29, 1.82) is 0 Å². The molecule has 0 unspecified atom stereocenters. The Labute approximate surface area is 181 Å². The summed E-state index contributed by atoms with van der Waals surface area (Å²) in [5, 5.41) is 3.69. The predicted octanol–water partition coefficient (Wildman–Crippen LogP) is 3.37. The van der Waals surface area contributed by atoms with Crippen LogP contribution in [0, 0.1) is 0 Å². The number of sulfonamides is 1. The Morgan fingerprint density at radius 2 is 1.71 bits per heavy atom. The van der Waals surface area contributed by atoms with Crippen LogP contribution >= 0.6 is 0 Å². The summed E-state index contributed by atoms with van der Waals surface area (Å²) in [7, 11) is -2.58. The quantitative estimate of drug-likeness (QED) is 0.636. The van der Waals surface area contributed by atoms with E-state index in [0.29, 0.717) is 25.9 Å². The lowest BCUT2D eigenvalue weighted by Crippen LogP contribution is -2.51. The van der Waals surface area contributed by atoms with E-state index in [-0.39, 0.29) is 16.0 Å². The van der Waals surface area contributed by atoms with Gasteiger partial charge in [0.05, 0.1) is 34.5 Å². The first-order chi connectivity index (χ1) is 15.0. The molecule has 1 N–H and O–H groups in total. The molecule has 7 nitrogen and oxygen atoms in total. The van der Waals surface area contributed by atoms with Crippen molar-refractivity contribution in [2.45, 2.75) is 23.3 Å². The van der Waals surface area contributed by atoms with Gasteiger partial charge in [0.15, 0.2) is 0 Å². The third-order valence-electron chi connectivity index (χ3n) is 6.26. The minimum atomic E-state index is -3.83. The smallest absolute Gasteiger partial charge is 0.339 e. The molecule has 5 rings (SSSR count). The number of rotatable bonds is 3. The number of ether oxygens (including phenoxy) is 1. The van der Waals surface area contributed by atoms with Gasteiger partial charge in [-0.25, -0.2) is 13.2 Å². The SMILES string of the molecule is COC(=O)c1ccccc1S(=O)(=O)N1CCC2(CC1)Nc1ccccc1-n1cccc12. The number of hydrogen-bond donors (Lipinski definition) is 1. The van der Waals surface area contributed by atoms with Crippen LogP contribution < -0.4 is 5.32 Å². The third kappa shape index (κ3) is 3.05. The number of aromatic nitrogens is 1. The van der Waals surface area contributed by atoms with Gasteiger partial charge in [0, 0.05) is 25.0 Å². The maximum atomic E-state index is 13.4. The fraction of sp³-hybridized carbons (Fsp3) is 0.261. The molecule has 1 aromatic heterocycles. The predicted molar refractivity (Wildman–Crippen MR) is 117 cm³/mol. The van der Waals surface area contributed by atoms with Gasteiger partial charge < -0.3 is 14.6 Å². The zero-order valence-electron chi connectivity index (χ0n) is 17.1. The summed E-state index contributed by atoms with van der Waals surface area (Å²) in [5.74, 6) is -0.656. The molecule has 0 radical (unpaired) electrons. The van der Waals surface area contributed by atoms with Gasteiger partial charge in [-0.1, -0.05) is 24.3 Å². The number of esters is 1. The number of carbonyl (C=O) groups is 1. The Morgan fingerprint density at radius 1 is 1.00 bits per heavy atom. The zero-order valence-corrected chi connectivity index (χ0v) is 17.9. The molecule has 1 spiro atoms. The topological polar surface area (TPSA) is 80.6 Å². The van der Waals surface area contributed by atoms with E-state index in [9.17, 15) is 13.2 Å². The van der Waals surface area contributed by atoms with Gasteiger partial charge in [0.1, 0.15) is 0 Å². The molecule has 31 heavy (non-hydrogen) atoms. The van der Waals surface area contributed by atoms with E-state index in [1.807, 2.05) is 24.4 Å². The average molecular weight is 438 g/mol. The van der Waals surface area contributed by atoms with Crippen LogP contribution in [-0.2, 0) is 20.3 Å². The maximum Gasteiger partial charge on any atom is 0.339 e. The number of benzene rings is 2. The summed E-state index contributed by atoms with van der Waals surface area (Å²) in [6, 6.07) is 18.5. The van der Waals surface area contributed by atoms with Gasteiger partial charge in [-0.15, -0.1) is 0 Å². The number of nitrogens with zero attached hydrogens (tertiary/aromatic N) is 2. The van der Waals surface area contributed by atoms with E-state index >= 15 is 0 Å². The largest absolute Gasteiger partial charge is 0.465 e. The second-order valence-electron chi connectivity index (χ2n) is 7.88. The summed E-state index contributed by atoms with van der Waals surface area (Å²) in [6.45, 7) is 0.691. The lowest BCUT2D eigenvalue weighted by molar-refractivity contribution is 0.0596. The standard InChI is InChI=1S/C23H23N3O4S/c1-30-22(27)17-7-2-5-10-20(17)31(28,29)25-15-12-23(13-16-25)21-11-6-14-26(21)19-9-4-3-8-18(19)24-23/h2-11,14,24H,12-13,15-16H2,1H3. The van der Waals surface area contributed by atoms with Gasteiger partial charge >= 0.3 is 5.97 Å². The molecule has 1 fully saturated rings. The number of nitrogens with one attached hydrogen (secondary N) is 1. The summed E-state index contributed by atoms with van der Waals surface area (Å²) < 4.78 is 35.2. The van der Waals surface area contributed by atoms with Gasteiger partial charge in [0.2, 0.25) is 10.0 Å². The highest BCUT2D eigenvalue weighted by Crippen LogP contribution is 2.44. The molecule has 0 atom stereocenters. The fourth-order valence-corrected chi connectivity index (χ4v) is 6.31. The Morgan fingerprint density at radius 3 is 2.48 bits per heavy atom. The van der Waals surface area contributed by atoms with Crippen LogP contribution in [0.4, 0.5) is 5.69 Å². The van der Waals surface area contributed by atoms with Crippen molar-refractivity contribution in [1.82, 2.24) is 8.87 Å². The second kappa shape index (κ2) is 7.25. The van der Waals surface area contributed by atoms with Crippen molar-refractivity contribution in [2.24, 2.45) is 0 Å². The van der Waals surface area contributed by atoms with E-state index in [1.54, 1.807) is 12.1 Å². The molecule has 160 valence electrons. The van der Waals surface area contributed by atoms with Crippen molar-refractivity contribution in [3.8, 4) is 5.69 Å². The normalized spacial score (nSPS) is 17.5. The molecule has 0 amide bonds. The molecule has 8 heteroatoms. The second-order valence-corrected chi connectivity index (χ2v) is 9.79. The summed E-state index contributed by atoms with van der Waals surface area (Å²) in [6.07, 6.45) is 3.28. The van der Waals surface area contributed by atoms with Crippen molar-refractivity contribution >= 4 is 21.7 Å². The number of piperidine rings is 1. The Balaban J connectivity index is 1.45. The monoisotopic (exact) mass is 437 g/mol. The van der Waals surface area contributed by atoms with Crippen molar-refractivity contribution in [2.75, 3.05) is 25.5 Å². The van der Waals surface area contributed by atoms with Gasteiger partial charge in [-0.05, 0) is 49.2 Å². The average Bonchev–Trinajstić information content (AvgIpc) is 3.30. The minimum Gasteiger partial charge on any atom is -0.465 e. The van der Waals surface area contributed by atoms with Crippen LogP contribution in [0.15, 0.2) is 71.8 Å². The zero-order chi connectivity index (χ0) is 21.6. The number of anilines is 1. The molecule has 3 heterocycles. The first kappa shape index (κ1) is 19.8. The van der Waals surface area contributed by atoms with Crippen LogP contribution in [0.3, 0.4) is 0 Å². The van der Waals surface area contributed by atoms with Crippen LogP contribution in [0.5, 0.6) is 0 Å². The molecule has 0 saturated carbocycles. The van der Waals surface area contributed by atoms with E-state index in [0.717, 1.165) is 17.1 Å². The molecule has 2 aliphatic heterocycles. The first-order valence-corrected chi connectivity index (χ1v) is 11.6. The molecule has 0 bridgehead atoms. The lowest BCUT2D eigenvalue weighted by Gasteiger charge is -2.45. The van der Waals surface area contributed by atoms with E-state index in [4.69, 9.17) is 4.74 Å². The highest BCUT2D eigenvalue weighted by atomic mass is 32.2. The number of methoxy groups -OCH3 is 1. The lowest BCUT2D eigenvalue weighted by atomic mass is 9.83. The highest BCUT2D eigenvalue weighted by Gasteiger charge is 2.44. The molecule has 3 aromatic rings. The molecule has 2 aliphatic rings. The van der Waals surface area contributed by atoms with Crippen LogP contribution in [0.25, 0.3) is 5.69 Å². The number of para-hydroxylation sites is 2. The Kier molecular flexibility index (Phi) is 4.64. The van der Waals surface area contributed by atoms with Crippen LogP contribution in [-0.4, -0.2) is 43.5 Å². The fourth-order valence-electron chi connectivity index (χ4n) is 4.69. The summed E-state index contributed by atoms with van der Waals surface area (Å²) >= 11 is 0. The van der Waals surface area contributed by atoms with Gasteiger partial charge in [0.25, 0.3) is 0 Å². The van der Waals surface area contributed by atoms with E-state index < -0.39 is 16.0 Å². The number of fused-ring (bicyclic) bond motifs is 4. The summed E-state index contributed by atoms with van der Waals surface area (Å²) in [5.41, 5.74) is 2.99. The first-order valence-electron chi connectivity index (χ1n) is 10.2. The molecular formula is C23H23N3O4S. The van der Waals surface area contributed by atoms with E-state index in [1.165, 1.54) is 23.5 Å². The Bertz CT molecular complexity index is 1260. The number of hydrogen-bond acceptors (Lipinski definition) is 5. The minimum absolute atomic E-state index is 0.0110. The van der Waals surface area contributed by atoms with Gasteiger partial charge in [-0.2, -0.15) is 4.31 Å². The van der Waals surface area contributed by atoms with E-state index in [2.05, 4.69) is 28.1 Å². The third-order valence-corrected chi connectivity index (χ3v) is 8.22. The molecular weight excluding hydrogens is 414 g/mol. The summed E-state index contributed by atoms with van der Waals surface area (Å²) in [4.78, 5) is 12.1. The van der Waals surface area contributed by atoms with Crippen LogP contribution in [0.1, 0.15) is 28.9 Å². The Hall–Kier alpha value is -3.10. The molecule has 0 aliphatic carbocycles.